The number of nitrogens with two attached hydrogens (primary N) is 1. The van der Waals surface area contributed by atoms with Gasteiger partial charge in [-0.15, -0.1) is 0 Å². The van der Waals surface area contributed by atoms with Crippen molar-refractivity contribution in [1.29, 1.82) is 0 Å². The predicted molar refractivity (Wildman–Crippen MR) is 58.6 cm³/mol. The summed E-state index contributed by atoms with van der Waals surface area (Å²) in [6.45, 7) is 7.00. The number of hydrogen-bond donors (Lipinski definition) is 2. The van der Waals surface area contributed by atoms with Crippen molar-refractivity contribution in [1.82, 2.24) is 10.2 Å². The molecular formula is C10H19N3O2. The van der Waals surface area contributed by atoms with Crippen LogP contribution in [0.25, 0.3) is 0 Å². The van der Waals surface area contributed by atoms with Crippen LogP contribution < -0.4 is 11.1 Å². The topological polar surface area (TPSA) is 67.6 Å². The maximum absolute atomic E-state index is 11.0. The van der Waals surface area contributed by atoms with Gasteiger partial charge < -0.3 is 15.8 Å². The Morgan fingerprint density at radius 1 is 1.73 bits per heavy atom. The van der Waals surface area contributed by atoms with Gasteiger partial charge in [-0.2, -0.15) is 0 Å². The van der Waals surface area contributed by atoms with Crippen LogP contribution in [0.15, 0.2) is 12.2 Å². The van der Waals surface area contributed by atoms with Crippen LogP contribution in [0.1, 0.15) is 6.42 Å². The summed E-state index contributed by atoms with van der Waals surface area (Å²) in [5.41, 5.74) is 6.49. The Morgan fingerprint density at radius 3 is 3.07 bits per heavy atom. The van der Waals surface area contributed by atoms with E-state index >= 15 is 0 Å². The molecule has 5 nitrogen and oxygen atoms in total. The first-order valence-corrected chi connectivity index (χ1v) is 5.09. The lowest BCUT2D eigenvalue weighted by molar-refractivity contribution is 0.166. The fourth-order valence-electron chi connectivity index (χ4n) is 1.70. The summed E-state index contributed by atoms with van der Waals surface area (Å²) in [5, 5.41) is 2.79. The molecule has 5 heteroatoms. The number of likely N-dealkylation sites (tertiary alicyclic amines) is 1. The zero-order chi connectivity index (χ0) is 11.3. The first-order valence-electron chi connectivity index (χ1n) is 5.09. The number of ether oxygens (including phenoxy) is 1. The number of carbonyl (C=O) groups excluding carboxylic acids is 1. The van der Waals surface area contributed by atoms with Crippen LogP contribution in [0.2, 0.25) is 0 Å². The van der Waals surface area contributed by atoms with E-state index in [2.05, 4.69) is 21.5 Å². The van der Waals surface area contributed by atoms with Gasteiger partial charge in [0, 0.05) is 32.2 Å². The minimum atomic E-state index is -0.362. The van der Waals surface area contributed by atoms with Crippen molar-refractivity contribution >= 4 is 6.09 Å². The van der Waals surface area contributed by atoms with E-state index in [0.29, 0.717) is 6.54 Å². The van der Waals surface area contributed by atoms with E-state index < -0.39 is 0 Å². The van der Waals surface area contributed by atoms with Crippen LogP contribution in [0.3, 0.4) is 0 Å². The summed E-state index contributed by atoms with van der Waals surface area (Å²) in [6.07, 6.45) is 0.590. The standard InChI is InChI=1S/C10H19N3O2/c1-8(5-11)6-13-4-3-9(7-13)12-10(14)15-2/h9H,1,3-7,11H2,2H3,(H,12,14). The Balaban J connectivity index is 2.26. The van der Waals surface area contributed by atoms with Crippen LogP contribution in [0, 0.1) is 0 Å². The van der Waals surface area contributed by atoms with Crippen LogP contribution in [-0.4, -0.2) is 50.3 Å². The number of nitrogens with one attached hydrogen (secondary N) is 1. The van der Waals surface area contributed by atoms with Gasteiger partial charge in [-0.05, 0) is 12.0 Å². The SMILES string of the molecule is C=C(CN)CN1CCC(NC(=O)OC)C1. The molecule has 3 N–H and O–H groups in total. The van der Waals surface area contributed by atoms with Gasteiger partial charge in [0.05, 0.1) is 7.11 Å². The van der Waals surface area contributed by atoms with Gasteiger partial charge in [-0.25, -0.2) is 4.79 Å². The Labute approximate surface area is 90.3 Å². The molecule has 15 heavy (non-hydrogen) atoms. The van der Waals surface area contributed by atoms with Crippen molar-refractivity contribution in [3.8, 4) is 0 Å². The Hall–Kier alpha value is -1.07. The van der Waals surface area contributed by atoms with Crippen molar-refractivity contribution in [3.05, 3.63) is 12.2 Å². The van der Waals surface area contributed by atoms with Gasteiger partial charge in [-0.3, -0.25) is 4.90 Å². The maximum Gasteiger partial charge on any atom is 0.407 e. The molecule has 0 aromatic rings. The smallest absolute Gasteiger partial charge is 0.407 e. The molecule has 0 saturated carbocycles. The Bertz CT molecular complexity index is 219. The highest BCUT2D eigenvalue weighted by atomic mass is 16.5. The van der Waals surface area contributed by atoms with Crippen LogP contribution in [0.4, 0.5) is 4.79 Å². The van der Waals surface area contributed by atoms with Crippen molar-refractivity contribution < 1.29 is 9.53 Å². The number of carbonyl (C=O) groups is 1. The molecular weight excluding hydrogens is 194 g/mol. The van der Waals surface area contributed by atoms with E-state index in [1.807, 2.05) is 0 Å². The normalized spacial score (nSPS) is 21.3. The molecule has 1 aliphatic rings. The summed E-state index contributed by atoms with van der Waals surface area (Å²) in [7, 11) is 1.37. The highest BCUT2D eigenvalue weighted by Gasteiger charge is 2.23. The predicted octanol–water partition coefficient (Wildman–Crippen LogP) is -0.0684. The second-order valence-corrected chi connectivity index (χ2v) is 3.81. The summed E-state index contributed by atoms with van der Waals surface area (Å²) < 4.78 is 4.54. The molecule has 1 heterocycles. The highest BCUT2D eigenvalue weighted by Crippen LogP contribution is 2.10. The monoisotopic (exact) mass is 213 g/mol. The third-order valence-corrected chi connectivity index (χ3v) is 2.52. The molecule has 0 aromatic heterocycles. The minimum Gasteiger partial charge on any atom is -0.453 e. The second kappa shape index (κ2) is 5.72. The van der Waals surface area contributed by atoms with Gasteiger partial charge in [0.2, 0.25) is 0 Å². The molecule has 0 aromatic carbocycles. The van der Waals surface area contributed by atoms with Crippen LogP contribution in [-0.2, 0) is 4.74 Å². The van der Waals surface area contributed by atoms with Crippen molar-refractivity contribution in [2.75, 3.05) is 33.3 Å². The van der Waals surface area contributed by atoms with Gasteiger partial charge in [-0.1, -0.05) is 6.58 Å². The lowest BCUT2D eigenvalue weighted by Gasteiger charge is -2.16. The molecule has 86 valence electrons. The Morgan fingerprint density at radius 2 is 2.47 bits per heavy atom. The van der Waals surface area contributed by atoms with E-state index in [1.54, 1.807) is 0 Å². The average Bonchev–Trinajstić information content (AvgIpc) is 2.65. The number of nitrogens with zero attached hydrogens (tertiary/aromatic N) is 1. The van der Waals surface area contributed by atoms with Gasteiger partial charge in [0.25, 0.3) is 0 Å². The van der Waals surface area contributed by atoms with E-state index in [4.69, 9.17) is 5.73 Å². The molecule has 1 atom stereocenters. The molecule has 1 rings (SSSR count). The molecule has 1 amide bonds. The molecule has 1 aliphatic heterocycles. The first-order chi connectivity index (χ1) is 7.15. The fraction of sp³-hybridized carbons (Fsp3) is 0.700. The lowest BCUT2D eigenvalue weighted by Crippen LogP contribution is -2.37. The number of amides is 1. The Kier molecular flexibility index (Phi) is 4.58. The largest absolute Gasteiger partial charge is 0.453 e. The molecule has 0 radical (unpaired) electrons. The molecule has 1 unspecified atom stereocenters. The molecule has 0 aliphatic carbocycles. The van der Waals surface area contributed by atoms with E-state index in [0.717, 1.165) is 31.6 Å². The maximum atomic E-state index is 11.0. The lowest BCUT2D eigenvalue weighted by atomic mass is 10.3. The third-order valence-electron chi connectivity index (χ3n) is 2.52. The van der Waals surface area contributed by atoms with Crippen LogP contribution in [0.5, 0.6) is 0 Å². The van der Waals surface area contributed by atoms with Gasteiger partial charge >= 0.3 is 6.09 Å². The van der Waals surface area contributed by atoms with Gasteiger partial charge in [0.15, 0.2) is 0 Å². The van der Waals surface area contributed by atoms with E-state index in [9.17, 15) is 4.79 Å². The number of alkyl carbamates (subject to hydrolysis) is 1. The highest BCUT2D eigenvalue weighted by molar-refractivity contribution is 5.67. The van der Waals surface area contributed by atoms with E-state index in [-0.39, 0.29) is 12.1 Å². The van der Waals surface area contributed by atoms with Crippen molar-refractivity contribution in [2.45, 2.75) is 12.5 Å². The summed E-state index contributed by atoms with van der Waals surface area (Å²) >= 11 is 0. The summed E-state index contributed by atoms with van der Waals surface area (Å²) in [4.78, 5) is 13.2. The summed E-state index contributed by atoms with van der Waals surface area (Å²) in [5.74, 6) is 0. The van der Waals surface area contributed by atoms with E-state index in [1.165, 1.54) is 7.11 Å². The summed E-state index contributed by atoms with van der Waals surface area (Å²) in [6, 6.07) is 0.183. The fourth-order valence-corrected chi connectivity index (χ4v) is 1.70. The van der Waals surface area contributed by atoms with Crippen molar-refractivity contribution in [2.24, 2.45) is 5.73 Å². The minimum absolute atomic E-state index is 0.183. The molecule has 1 fully saturated rings. The van der Waals surface area contributed by atoms with Crippen LogP contribution >= 0.6 is 0 Å². The van der Waals surface area contributed by atoms with Gasteiger partial charge in [0.1, 0.15) is 0 Å². The molecule has 1 saturated heterocycles. The second-order valence-electron chi connectivity index (χ2n) is 3.81. The molecule has 0 bridgehead atoms. The zero-order valence-corrected chi connectivity index (χ0v) is 9.16. The zero-order valence-electron chi connectivity index (χ0n) is 9.16. The number of hydrogen-bond acceptors (Lipinski definition) is 4. The third kappa shape index (κ3) is 3.89. The quantitative estimate of drug-likeness (QED) is 0.642. The first kappa shape index (κ1) is 12.0. The van der Waals surface area contributed by atoms with Crippen molar-refractivity contribution in [3.63, 3.8) is 0 Å². The molecule has 0 spiro atoms. The average molecular weight is 213 g/mol. The number of rotatable bonds is 4. The number of methoxy groups -OCH3 is 1.